The van der Waals surface area contributed by atoms with E-state index in [1.165, 1.54) is 0 Å². The van der Waals surface area contributed by atoms with Crippen LogP contribution in [0.2, 0.25) is 5.02 Å². The number of rotatable bonds is 4. The summed E-state index contributed by atoms with van der Waals surface area (Å²) in [6.07, 6.45) is 0.999. The average molecular weight is 326 g/mol. The molecule has 110 valence electrons. The minimum absolute atomic E-state index is 0.0429. The molecule has 0 atom stereocenters. The maximum Gasteiger partial charge on any atom is 0.291 e. The highest BCUT2D eigenvalue weighted by molar-refractivity contribution is 7.99. The Morgan fingerprint density at radius 1 is 1.52 bits per heavy atom. The van der Waals surface area contributed by atoms with Crippen LogP contribution in [0.1, 0.15) is 5.56 Å². The maximum absolute atomic E-state index is 11.9. The number of anilines is 1. The first-order valence-electron chi connectivity index (χ1n) is 5.86. The number of benzene rings is 1. The van der Waals surface area contributed by atoms with Crippen LogP contribution in [0.4, 0.5) is 5.69 Å². The number of thioether (sulfide) groups is 1. The molecule has 0 radical (unpaired) electrons. The van der Waals surface area contributed by atoms with Gasteiger partial charge in [-0.3, -0.25) is 9.59 Å². The van der Waals surface area contributed by atoms with Crippen molar-refractivity contribution in [3.8, 4) is 0 Å². The van der Waals surface area contributed by atoms with E-state index in [1.54, 1.807) is 12.1 Å². The first-order chi connectivity index (χ1) is 9.97. The van der Waals surface area contributed by atoms with E-state index in [2.05, 4.69) is 15.5 Å². The largest absolute Gasteiger partial charge is 0.334 e. The van der Waals surface area contributed by atoms with Crippen molar-refractivity contribution in [2.45, 2.75) is 12.1 Å². The second-order valence-corrected chi connectivity index (χ2v) is 5.51. The third-order valence-electron chi connectivity index (χ3n) is 2.56. The van der Waals surface area contributed by atoms with E-state index in [1.807, 2.05) is 13.0 Å². The molecule has 9 heteroatoms. The zero-order valence-corrected chi connectivity index (χ0v) is 12.6. The second kappa shape index (κ2) is 6.59. The summed E-state index contributed by atoms with van der Waals surface area (Å²) in [5.74, 6) is 5.28. The predicted octanol–water partition coefficient (Wildman–Crippen LogP) is 1.04. The van der Waals surface area contributed by atoms with E-state index in [0.717, 1.165) is 28.2 Å². The van der Waals surface area contributed by atoms with E-state index in [-0.39, 0.29) is 16.8 Å². The van der Waals surface area contributed by atoms with Crippen LogP contribution >= 0.6 is 23.4 Å². The van der Waals surface area contributed by atoms with Gasteiger partial charge >= 0.3 is 0 Å². The molecule has 2 aromatic rings. The quantitative estimate of drug-likeness (QED) is 0.643. The number of aromatic nitrogens is 3. The zero-order valence-electron chi connectivity index (χ0n) is 11.0. The normalized spacial score (nSPS) is 10.4. The topological polar surface area (TPSA) is 103 Å². The minimum Gasteiger partial charge on any atom is -0.334 e. The fourth-order valence-corrected chi connectivity index (χ4v) is 2.31. The number of hydrogen-bond acceptors (Lipinski definition) is 6. The molecule has 0 unspecified atom stereocenters. The maximum atomic E-state index is 11.9. The predicted molar refractivity (Wildman–Crippen MR) is 82.0 cm³/mol. The van der Waals surface area contributed by atoms with Crippen molar-refractivity contribution in [2.24, 2.45) is 0 Å². The molecule has 0 aliphatic heterocycles. The molecule has 21 heavy (non-hydrogen) atoms. The number of carbonyl (C=O) groups is 1. The van der Waals surface area contributed by atoms with Gasteiger partial charge in [0.2, 0.25) is 11.1 Å². The molecular weight excluding hydrogens is 314 g/mol. The smallest absolute Gasteiger partial charge is 0.291 e. The van der Waals surface area contributed by atoms with E-state index in [4.69, 9.17) is 17.4 Å². The van der Waals surface area contributed by atoms with Gasteiger partial charge in [-0.15, -0.1) is 5.10 Å². The number of nitrogen functional groups attached to an aromatic ring is 1. The monoisotopic (exact) mass is 325 g/mol. The molecule has 0 fully saturated rings. The van der Waals surface area contributed by atoms with Gasteiger partial charge in [0, 0.05) is 10.7 Å². The zero-order chi connectivity index (χ0) is 15.4. The van der Waals surface area contributed by atoms with Crippen molar-refractivity contribution in [3.05, 3.63) is 45.3 Å². The molecule has 1 aromatic carbocycles. The van der Waals surface area contributed by atoms with E-state index < -0.39 is 5.56 Å². The fraction of sp³-hybridized carbons (Fsp3) is 0.167. The van der Waals surface area contributed by atoms with Gasteiger partial charge in [-0.2, -0.15) is 9.77 Å². The lowest BCUT2D eigenvalue weighted by Crippen LogP contribution is -2.30. The van der Waals surface area contributed by atoms with E-state index in [0.29, 0.717) is 10.7 Å². The summed E-state index contributed by atoms with van der Waals surface area (Å²) in [4.78, 5) is 23.2. The summed E-state index contributed by atoms with van der Waals surface area (Å²) in [5, 5.41) is 10.6. The summed E-state index contributed by atoms with van der Waals surface area (Å²) in [7, 11) is 0. The van der Waals surface area contributed by atoms with Crippen LogP contribution in [-0.2, 0) is 4.79 Å². The van der Waals surface area contributed by atoms with Crippen LogP contribution in [0.15, 0.2) is 34.3 Å². The molecule has 2 rings (SSSR count). The molecule has 3 N–H and O–H groups in total. The van der Waals surface area contributed by atoms with Crippen molar-refractivity contribution in [3.63, 3.8) is 0 Å². The Kier molecular flexibility index (Phi) is 4.81. The Morgan fingerprint density at radius 3 is 3.05 bits per heavy atom. The van der Waals surface area contributed by atoms with Crippen LogP contribution in [0.5, 0.6) is 0 Å². The van der Waals surface area contributed by atoms with Gasteiger partial charge in [-0.25, -0.2) is 0 Å². The SMILES string of the molecule is Cc1ccc(Cl)cc1NC(=O)CSc1nncc(=O)n1N. The molecule has 0 spiro atoms. The Hall–Kier alpha value is -2.06. The third-order valence-corrected chi connectivity index (χ3v) is 3.74. The van der Waals surface area contributed by atoms with Crippen LogP contribution in [0.3, 0.4) is 0 Å². The van der Waals surface area contributed by atoms with Crippen molar-refractivity contribution < 1.29 is 4.79 Å². The number of carbonyl (C=O) groups excluding carboxylic acids is 1. The molecule has 1 amide bonds. The van der Waals surface area contributed by atoms with Crippen LogP contribution in [-0.4, -0.2) is 26.5 Å². The van der Waals surface area contributed by atoms with Gasteiger partial charge < -0.3 is 11.2 Å². The van der Waals surface area contributed by atoms with Gasteiger partial charge in [-0.05, 0) is 24.6 Å². The molecule has 0 bridgehead atoms. The standard InChI is InChI=1S/C12H12ClN5O2S/c1-7-2-3-8(13)4-9(7)16-10(19)6-21-12-17-15-5-11(20)18(12)14/h2-5H,6,14H2,1H3,(H,16,19). The lowest BCUT2D eigenvalue weighted by atomic mass is 10.2. The van der Waals surface area contributed by atoms with Crippen LogP contribution in [0, 0.1) is 6.92 Å². The minimum atomic E-state index is -0.487. The highest BCUT2D eigenvalue weighted by Gasteiger charge is 2.09. The lowest BCUT2D eigenvalue weighted by molar-refractivity contribution is -0.113. The number of nitrogens with zero attached hydrogens (tertiary/aromatic N) is 3. The first-order valence-corrected chi connectivity index (χ1v) is 7.22. The lowest BCUT2D eigenvalue weighted by Gasteiger charge is -2.09. The molecular formula is C12H12ClN5O2S. The summed E-state index contributed by atoms with van der Waals surface area (Å²) in [6, 6.07) is 5.22. The van der Waals surface area contributed by atoms with Crippen molar-refractivity contribution in [1.29, 1.82) is 0 Å². The molecule has 7 nitrogen and oxygen atoms in total. The number of aryl methyl sites for hydroxylation is 1. The Labute approximate surface area is 129 Å². The second-order valence-electron chi connectivity index (χ2n) is 4.13. The summed E-state index contributed by atoms with van der Waals surface area (Å²) < 4.78 is 0.843. The first kappa shape index (κ1) is 15.3. The highest BCUT2D eigenvalue weighted by atomic mass is 35.5. The number of halogens is 1. The number of nitrogens with one attached hydrogen (secondary N) is 1. The molecule has 0 saturated carbocycles. The van der Waals surface area contributed by atoms with Crippen molar-refractivity contribution in [1.82, 2.24) is 14.9 Å². The molecule has 1 heterocycles. The van der Waals surface area contributed by atoms with Gasteiger partial charge in [0.05, 0.1) is 5.75 Å². The third kappa shape index (κ3) is 3.96. The van der Waals surface area contributed by atoms with Gasteiger partial charge in [0.25, 0.3) is 5.56 Å². The number of nitrogens with two attached hydrogens (primary N) is 1. The Balaban J connectivity index is 2.01. The molecule has 0 aliphatic carbocycles. The fourth-order valence-electron chi connectivity index (χ4n) is 1.48. The van der Waals surface area contributed by atoms with Crippen molar-refractivity contribution >= 4 is 35.0 Å². The van der Waals surface area contributed by atoms with Gasteiger partial charge in [0.1, 0.15) is 6.20 Å². The Morgan fingerprint density at radius 2 is 2.29 bits per heavy atom. The molecule has 0 aliphatic rings. The van der Waals surface area contributed by atoms with E-state index >= 15 is 0 Å². The van der Waals surface area contributed by atoms with E-state index in [9.17, 15) is 9.59 Å². The highest BCUT2D eigenvalue weighted by Crippen LogP contribution is 2.20. The van der Waals surface area contributed by atoms with Crippen molar-refractivity contribution in [2.75, 3.05) is 16.9 Å². The van der Waals surface area contributed by atoms with Crippen LogP contribution < -0.4 is 16.7 Å². The summed E-state index contributed by atoms with van der Waals surface area (Å²) >= 11 is 6.90. The summed E-state index contributed by atoms with van der Waals surface area (Å²) in [5.41, 5.74) is 1.05. The number of amides is 1. The molecule has 0 saturated heterocycles. The van der Waals surface area contributed by atoms with Gasteiger partial charge in [0.15, 0.2) is 0 Å². The van der Waals surface area contributed by atoms with Gasteiger partial charge in [-0.1, -0.05) is 29.4 Å². The van der Waals surface area contributed by atoms with Crippen LogP contribution in [0.25, 0.3) is 0 Å². The Bertz CT molecular complexity index is 734. The average Bonchev–Trinajstić information content (AvgIpc) is 2.44. The summed E-state index contributed by atoms with van der Waals surface area (Å²) in [6.45, 7) is 1.86. The molecule has 1 aromatic heterocycles. The number of hydrogen-bond donors (Lipinski definition) is 2.